The van der Waals surface area contributed by atoms with Crippen LogP contribution in [0.1, 0.15) is 31.4 Å². The molecule has 5 heteroatoms. The van der Waals surface area contributed by atoms with Crippen LogP contribution in [-0.2, 0) is 17.8 Å². The van der Waals surface area contributed by atoms with Crippen molar-refractivity contribution in [3.8, 4) is 0 Å². The Balaban J connectivity index is 1.80. The van der Waals surface area contributed by atoms with Crippen molar-refractivity contribution in [2.24, 2.45) is 16.6 Å². The van der Waals surface area contributed by atoms with Crippen molar-refractivity contribution < 1.29 is 4.79 Å². The number of rotatable bonds is 5. The van der Waals surface area contributed by atoms with Gasteiger partial charge in [0.25, 0.3) is 0 Å². The van der Waals surface area contributed by atoms with Gasteiger partial charge in [0.05, 0.1) is 0 Å². The molecular formula is C17H26N4O. The summed E-state index contributed by atoms with van der Waals surface area (Å²) in [4.78, 5) is 18.2. The summed E-state index contributed by atoms with van der Waals surface area (Å²) >= 11 is 0. The molecule has 22 heavy (non-hydrogen) atoms. The van der Waals surface area contributed by atoms with E-state index in [1.165, 1.54) is 11.1 Å². The van der Waals surface area contributed by atoms with E-state index in [0.29, 0.717) is 18.4 Å². The molecule has 2 rings (SSSR count). The number of amides is 1. The van der Waals surface area contributed by atoms with Crippen molar-refractivity contribution in [2.75, 3.05) is 19.6 Å². The van der Waals surface area contributed by atoms with Crippen LogP contribution in [0.2, 0.25) is 0 Å². The number of hydrogen-bond donors (Lipinski definition) is 2. The molecule has 0 aliphatic carbocycles. The Morgan fingerprint density at radius 1 is 1.36 bits per heavy atom. The summed E-state index contributed by atoms with van der Waals surface area (Å²) in [6.45, 7) is 6.65. The van der Waals surface area contributed by atoms with E-state index in [1.807, 2.05) is 17.0 Å². The van der Waals surface area contributed by atoms with Gasteiger partial charge in [-0.1, -0.05) is 38.1 Å². The predicted octanol–water partition coefficient (Wildman–Crippen LogP) is 1.52. The van der Waals surface area contributed by atoms with Gasteiger partial charge >= 0.3 is 0 Å². The lowest BCUT2D eigenvalue weighted by Crippen LogP contribution is -2.39. The van der Waals surface area contributed by atoms with Crippen molar-refractivity contribution in [3.63, 3.8) is 0 Å². The van der Waals surface area contributed by atoms with E-state index < -0.39 is 0 Å². The molecule has 5 nitrogen and oxygen atoms in total. The number of nitrogens with one attached hydrogen (secondary N) is 1. The van der Waals surface area contributed by atoms with Crippen LogP contribution in [0.3, 0.4) is 0 Å². The van der Waals surface area contributed by atoms with Gasteiger partial charge in [0, 0.05) is 19.6 Å². The molecule has 1 heterocycles. The number of hydrogen-bond acceptors (Lipinski definition) is 2. The minimum absolute atomic E-state index is 0.0307. The van der Waals surface area contributed by atoms with Gasteiger partial charge < -0.3 is 16.0 Å². The van der Waals surface area contributed by atoms with Crippen LogP contribution >= 0.6 is 0 Å². The molecule has 3 N–H and O–H groups in total. The monoisotopic (exact) mass is 302 g/mol. The van der Waals surface area contributed by atoms with Gasteiger partial charge in [0.1, 0.15) is 6.54 Å². The van der Waals surface area contributed by atoms with Gasteiger partial charge in [0.15, 0.2) is 5.96 Å². The number of nitrogens with two attached hydrogens (primary N) is 1. The van der Waals surface area contributed by atoms with E-state index in [1.54, 1.807) is 0 Å². The Labute approximate surface area is 132 Å². The first-order valence-corrected chi connectivity index (χ1v) is 7.94. The van der Waals surface area contributed by atoms with Crippen LogP contribution in [0.25, 0.3) is 0 Å². The highest BCUT2D eigenvalue weighted by Crippen LogP contribution is 2.18. The number of carbonyl (C=O) groups excluding carboxylic acids is 1. The van der Waals surface area contributed by atoms with Crippen molar-refractivity contribution in [1.82, 2.24) is 10.2 Å². The third-order valence-corrected chi connectivity index (χ3v) is 3.90. The average Bonchev–Trinajstić information content (AvgIpc) is 2.51. The second-order valence-electron chi connectivity index (χ2n) is 6.14. The van der Waals surface area contributed by atoms with Gasteiger partial charge in [-0.2, -0.15) is 0 Å². The van der Waals surface area contributed by atoms with Crippen molar-refractivity contribution >= 4 is 11.9 Å². The first-order valence-electron chi connectivity index (χ1n) is 7.94. The minimum Gasteiger partial charge on any atom is -0.370 e. The second kappa shape index (κ2) is 7.82. The quantitative estimate of drug-likeness (QED) is 0.640. The van der Waals surface area contributed by atoms with Crippen LogP contribution in [0.5, 0.6) is 0 Å². The van der Waals surface area contributed by atoms with E-state index in [4.69, 9.17) is 5.73 Å². The first-order chi connectivity index (χ1) is 10.6. The molecule has 0 fully saturated rings. The van der Waals surface area contributed by atoms with E-state index in [9.17, 15) is 4.79 Å². The zero-order chi connectivity index (χ0) is 15.9. The number of benzene rings is 1. The summed E-state index contributed by atoms with van der Waals surface area (Å²) in [6, 6.07) is 8.28. The fourth-order valence-electron chi connectivity index (χ4n) is 2.51. The lowest BCUT2D eigenvalue weighted by atomic mass is 10.00. The average molecular weight is 302 g/mol. The van der Waals surface area contributed by atoms with Gasteiger partial charge in [-0.15, -0.1) is 0 Å². The fraction of sp³-hybridized carbons (Fsp3) is 0.529. The van der Waals surface area contributed by atoms with Gasteiger partial charge in [0.2, 0.25) is 5.91 Å². The molecule has 1 amide bonds. The lowest BCUT2D eigenvalue weighted by molar-refractivity contribution is -0.130. The molecule has 0 aromatic heterocycles. The van der Waals surface area contributed by atoms with E-state index in [-0.39, 0.29) is 12.5 Å². The fourth-order valence-corrected chi connectivity index (χ4v) is 2.51. The summed E-state index contributed by atoms with van der Waals surface area (Å²) in [5.74, 6) is 1.00. The summed E-state index contributed by atoms with van der Waals surface area (Å²) < 4.78 is 0. The molecule has 1 aliphatic rings. The summed E-state index contributed by atoms with van der Waals surface area (Å²) in [5.41, 5.74) is 8.35. The van der Waals surface area contributed by atoms with Crippen LogP contribution in [0, 0.1) is 5.92 Å². The molecule has 120 valence electrons. The van der Waals surface area contributed by atoms with Crippen molar-refractivity contribution in [1.29, 1.82) is 0 Å². The Hall–Kier alpha value is -2.04. The van der Waals surface area contributed by atoms with Crippen molar-refractivity contribution in [2.45, 2.75) is 33.2 Å². The summed E-state index contributed by atoms with van der Waals surface area (Å²) in [5, 5.41) is 3.04. The predicted molar refractivity (Wildman–Crippen MR) is 89.5 cm³/mol. The van der Waals surface area contributed by atoms with Crippen LogP contribution in [0.15, 0.2) is 29.3 Å². The van der Waals surface area contributed by atoms with Crippen LogP contribution in [-0.4, -0.2) is 36.4 Å². The Morgan fingerprint density at radius 2 is 2.09 bits per heavy atom. The number of guanidine groups is 1. The highest BCUT2D eigenvalue weighted by Gasteiger charge is 2.19. The Kier molecular flexibility index (Phi) is 5.81. The molecule has 0 bridgehead atoms. The normalized spacial score (nSPS) is 14.9. The molecular weight excluding hydrogens is 276 g/mol. The second-order valence-corrected chi connectivity index (χ2v) is 6.14. The van der Waals surface area contributed by atoms with Crippen LogP contribution < -0.4 is 11.1 Å². The number of fused-ring (bicyclic) bond motifs is 1. The largest absolute Gasteiger partial charge is 0.370 e. The molecule has 0 unspecified atom stereocenters. The number of aliphatic imine (C=N–C) groups is 1. The molecule has 0 atom stereocenters. The van der Waals surface area contributed by atoms with E-state index in [0.717, 1.165) is 25.9 Å². The third kappa shape index (κ3) is 4.76. The maximum Gasteiger partial charge on any atom is 0.244 e. The molecule has 0 radical (unpaired) electrons. The maximum absolute atomic E-state index is 12.2. The number of nitrogens with zero attached hydrogens (tertiary/aromatic N) is 2. The highest BCUT2D eigenvalue weighted by molar-refractivity contribution is 5.84. The molecule has 1 aromatic rings. The Bertz CT molecular complexity index is 539. The number of carbonyl (C=O) groups is 1. The molecule has 0 saturated carbocycles. The standard InChI is InChI=1S/C17H26N4O/c1-13(2)7-9-19-17(18)20-11-16(22)21-10-8-14-5-3-4-6-15(14)12-21/h3-6,13H,7-12H2,1-2H3,(H3,18,19,20). The first kappa shape index (κ1) is 16.3. The van der Waals surface area contributed by atoms with Crippen molar-refractivity contribution in [3.05, 3.63) is 35.4 Å². The van der Waals surface area contributed by atoms with Gasteiger partial charge in [-0.3, -0.25) is 4.79 Å². The SMILES string of the molecule is CC(C)CCNC(N)=NCC(=O)N1CCc2ccccc2C1. The maximum atomic E-state index is 12.2. The molecule has 1 aromatic carbocycles. The molecule has 0 spiro atoms. The van der Waals surface area contributed by atoms with E-state index in [2.05, 4.69) is 36.3 Å². The summed E-state index contributed by atoms with van der Waals surface area (Å²) in [6.07, 6.45) is 1.95. The zero-order valence-electron chi connectivity index (χ0n) is 13.5. The minimum atomic E-state index is 0.0307. The van der Waals surface area contributed by atoms with Gasteiger partial charge in [-0.25, -0.2) is 4.99 Å². The van der Waals surface area contributed by atoms with E-state index >= 15 is 0 Å². The third-order valence-electron chi connectivity index (χ3n) is 3.90. The lowest BCUT2D eigenvalue weighted by Gasteiger charge is -2.28. The van der Waals surface area contributed by atoms with Gasteiger partial charge in [-0.05, 0) is 29.9 Å². The smallest absolute Gasteiger partial charge is 0.244 e. The van der Waals surface area contributed by atoms with Crippen LogP contribution in [0.4, 0.5) is 0 Å². The topological polar surface area (TPSA) is 70.7 Å². The highest BCUT2D eigenvalue weighted by atomic mass is 16.2. The zero-order valence-corrected chi connectivity index (χ0v) is 13.5. The summed E-state index contributed by atoms with van der Waals surface area (Å²) in [7, 11) is 0. The molecule has 0 saturated heterocycles. The Morgan fingerprint density at radius 3 is 2.82 bits per heavy atom. The molecule has 1 aliphatic heterocycles.